The van der Waals surface area contributed by atoms with Crippen molar-refractivity contribution < 1.29 is 4.74 Å². The molecular weight excluding hydrogens is 148 g/mol. The van der Waals surface area contributed by atoms with Crippen LogP contribution >= 0.6 is 11.6 Å². The van der Waals surface area contributed by atoms with Crippen molar-refractivity contribution in [1.82, 2.24) is 0 Å². The summed E-state index contributed by atoms with van der Waals surface area (Å²) in [7, 11) is 1.62. The van der Waals surface area contributed by atoms with Crippen molar-refractivity contribution in [3.05, 3.63) is 24.3 Å². The first kappa shape index (κ1) is 7.83. The molecule has 0 bridgehead atoms. The van der Waals surface area contributed by atoms with Gasteiger partial charge in [0, 0.05) is 13.0 Å². The summed E-state index contributed by atoms with van der Waals surface area (Å²) in [4.78, 5) is 0. The van der Waals surface area contributed by atoms with Gasteiger partial charge in [-0.1, -0.05) is 36.8 Å². The van der Waals surface area contributed by atoms with Crippen LogP contribution in [0.1, 0.15) is 6.92 Å². The molecule has 0 aromatic carbocycles. The highest BCUT2D eigenvalue weighted by molar-refractivity contribution is 6.24. The number of methoxy groups -OCH3 is 1. The molecule has 0 spiro atoms. The Morgan fingerprint density at radius 1 is 1.50 bits per heavy atom. The molecule has 10 heavy (non-hydrogen) atoms. The quantitative estimate of drug-likeness (QED) is 0.533. The van der Waals surface area contributed by atoms with E-state index in [4.69, 9.17) is 16.3 Å². The minimum atomic E-state index is -0.616. The van der Waals surface area contributed by atoms with Gasteiger partial charge in [0.25, 0.3) is 0 Å². The minimum absolute atomic E-state index is 0.240. The van der Waals surface area contributed by atoms with E-state index in [1.165, 1.54) is 0 Å². The monoisotopic (exact) mass is 158 g/mol. The van der Waals surface area contributed by atoms with E-state index in [0.29, 0.717) is 0 Å². The Labute approximate surface area is 66.3 Å². The second kappa shape index (κ2) is 2.77. The molecule has 0 heterocycles. The summed E-state index contributed by atoms with van der Waals surface area (Å²) in [5.41, 5.74) is 0. The number of halogens is 1. The number of rotatable bonds is 1. The first-order valence-electron chi connectivity index (χ1n) is 3.29. The van der Waals surface area contributed by atoms with Crippen molar-refractivity contribution in [2.24, 2.45) is 5.92 Å². The van der Waals surface area contributed by atoms with Crippen LogP contribution < -0.4 is 0 Å². The largest absolute Gasteiger partial charge is 0.359 e. The van der Waals surface area contributed by atoms with E-state index in [9.17, 15) is 0 Å². The van der Waals surface area contributed by atoms with Crippen LogP contribution in [-0.4, -0.2) is 12.2 Å². The minimum Gasteiger partial charge on any atom is -0.359 e. The Morgan fingerprint density at radius 3 is 2.60 bits per heavy atom. The Kier molecular flexibility index (Phi) is 2.17. The van der Waals surface area contributed by atoms with Crippen LogP contribution in [0, 0.1) is 5.92 Å². The third-order valence-corrected chi connectivity index (χ3v) is 2.39. The van der Waals surface area contributed by atoms with Gasteiger partial charge in [0.15, 0.2) is 5.06 Å². The number of alkyl halides is 1. The van der Waals surface area contributed by atoms with Crippen molar-refractivity contribution in [2.75, 3.05) is 7.11 Å². The lowest BCUT2D eigenvalue weighted by molar-refractivity contribution is 0.0741. The van der Waals surface area contributed by atoms with E-state index in [1.54, 1.807) is 7.11 Å². The van der Waals surface area contributed by atoms with Gasteiger partial charge in [-0.3, -0.25) is 0 Å². The predicted octanol–water partition coefficient (Wildman–Crippen LogP) is 2.33. The Bertz CT molecular complexity index is 174. The molecule has 1 rings (SSSR count). The Morgan fingerprint density at radius 2 is 2.20 bits per heavy atom. The summed E-state index contributed by atoms with van der Waals surface area (Å²) in [6.07, 6.45) is 7.76. The average molecular weight is 159 g/mol. The van der Waals surface area contributed by atoms with Crippen molar-refractivity contribution in [2.45, 2.75) is 12.0 Å². The fourth-order valence-corrected chi connectivity index (χ4v) is 1.10. The van der Waals surface area contributed by atoms with Gasteiger partial charge in [0.1, 0.15) is 0 Å². The summed E-state index contributed by atoms with van der Waals surface area (Å²) in [6.45, 7) is 2.02. The molecular formula is C8H11ClO. The standard InChI is InChI=1S/C8H11ClO/c1-7-5-3-4-6-8(7,9)10-2/h3-7H,1-2H3. The molecule has 1 aliphatic rings. The van der Waals surface area contributed by atoms with Crippen LogP contribution in [0.15, 0.2) is 24.3 Å². The van der Waals surface area contributed by atoms with Gasteiger partial charge in [0.05, 0.1) is 0 Å². The molecule has 1 nitrogen and oxygen atoms in total. The van der Waals surface area contributed by atoms with Crippen LogP contribution in [0.3, 0.4) is 0 Å². The second-order valence-corrected chi connectivity index (χ2v) is 3.03. The van der Waals surface area contributed by atoms with Crippen LogP contribution in [0.2, 0.25) is 0 Å². The highest BCUT2D eigenvalue weighted by Crippen LogP contribution is 2.31. The van der Waals surface area contributed by atoms with Gasteiger partial charge >= 0.3 is 0 Å². The summed E-state index contributed by atoms with van der Waals surface area (Å²) < 4.78 is 5.12. The molecule has 0 radical (unpaired) electrons. The highest BCUT2D eigenvalue weighted by atomic mass is 35.5. The molecule has 0 amide bonds. The molecule has 1 aliphatic carbocycles. The van der Waals surface area contributed by atoms with Crippen molar-refractivity contribution >= 4 is 11.6 Å². The van der Waals surface area contributed by atoms with Crippen molar-refractivity contribution in [3.63, 3.8) is 0 Å². The summed E-state index contributed by atoms with van der Waals surface area (Å²) in [6, 6.07) is 0. The zero-order valence-corrected chi connectivity index (χ0v) is 6.93. The predicted molar refractivity (Wildman–Crippen MR) is 43.0 cm³/mol. The van der Waals surface area contributed by atoms with Crippen LogP contribution in [0.5, 0.6) is 0 Å². The molecule has 2 unspecified atom stereocenters. The van der Waals surface area contributed by atoms with Gasteiger partial charge in [-0.25, -0.2) is 0 Å². The topological polar surface area (TPSA) is 9.23 Å². The zero-order chi connectivity index (χ0) is 7.61. The number of hydrogen-bond donors (Lipinski definition) is 0. The average Bonchev–Trinajstić information content (AvgIpc) is 1.96. The molecule has 56 valence electrons. The maximum absolute atomic E-state index is 6.05. The third-order valence-electron chi connectivity index (χ3n) is 1.77. The highest BCUT2D eigenvalue weighted by Gasteiger charge is 2.30. The first-order chi connectivity index (χ1) is 4.69. The fraction of sp³-hybridized carbons (Fsp3) is 0.500. The number of ether oxygens (including phenoxy) is 1. The maximum Gasteiger partial charge on any atom is 0.166 e. The van der Waals surface area contributed by atoms with E-state index >= 15 is 0 Å². The first-order valence-corrected chi connectivity index (χ1v) is 3.67. The molecule has 0 fully saturated rings. The van der Waals surface area contributed by atoms with Gasteiger partial charge in [-0.2, -0.15) is 0 Å². The van der Waals surface area contributed by atoms with Gasteiger partial charge in [0.2, 0.25) is 0 Å². The molecule has 0 aliphatic heterocycles. The summed E-state index contributed by atoms with van der Waals surface area (Å²) in [5.74, 6) is 0.240. The van der Waals surface area contributed by atoms with Crippen LogP contribution in [-0.2, 0) is 4.74 Å². The van der Waals surface area contributed by atoms with Gasteiger partial charge < -0.3 is 4.74 Å². The Balaban J connectivity index is 2.77. The summed E-state index contributed by atoms with van der Waals surface area (Å²) >= 11 is 6.05. The van der Waals surface area contributed by atoms with E-state index in [2.05, 4.69) is 0 Å². The maximum atomic E-state index is 6.05. The lowest BCUT2D eigenvalue weighted by atomic mass is 9.99. The van der Waals surface area contributed by atoms with E-state index in [1.807, 2.05) is 31.2 Å². The Hall–Kier alpha value is -0.270. The molecule has 0 aromatic rings. The fourth-order valence-electron chi connectivity index (χ4n) is 0.955. The molecule has 2 heteroatoms. The normalized spacial score (nSPS) is 38.5. The zero-order valence-electron chi connectivity index (χ0n) is 6.17. The lowest BCUT2D eigenvalue weighted by Gasteiger charge is -2.28. The second-order valence-electron chi connectivity index (χ2n) is 2.43. The molecule has 2 atom stereocenters. The third kappa shape index (κ3) is 1.25. The van der Waals surface area contributed by atoms with Crippen LogP contribution in [0.25, 0.3) is 0 Å². The lowest BCUT2D eigenvalue weighted by Crippen LogP contribution is -2.29. The van der Waals surface area contributed by atoms with Gasteiger partial charge in [-0.15, -0.1) is 0 Å². The van der Waals surface area contributed by atoms with Crippen LogP contribution in [0.4, 0.5) is 0 Å². The smallest absolute Gasteiger partial charge is 0.166 e. The van der Waals surface area contributed by atoms with Gasteiger partial charge in [-0.05, 0) is 6.08 Å². The number of allylic oxidation sites excluding steroid dienone is 2. The van der Waals surface area contributed by atoms with Crippen molar-refractivity contribution in [1.29, 1.82) is 0 Å². The van der Waals surface area contributed by atoms with Crippen molar-refractivity contribution in [3.8, 4) is 0 Å². The van der Waals surface area contributed by atoms with E-state index < -0.39 is 5.06 Å². The van der Waals surface area contributed by atoms with E-state index in [-0.39, 0.29) is 5.92 Å². The number of hydrogen-bond acceptors (Lipinski definition) is 1. The summed E-state index contributed by atoms with van der Waals surface area (Å²) in [5, 5.41) is -0.616. The molecule has 0 saturated heterocycles. The van der Waals surface area contributed by atoms with E-state index in [0.717, 1.165) is 0 Å². The molecule has 0 N–H and O–H groups in total. The molecule has 0 saturated carbocycles. The molecule has 0 aromatic heterocycles. The SMILES string of the molecule is COC1(Cl)C=CC=CC1C.